The van der Waals surface area contributed by atoms with E-state index >= 15 is 0 Å². The van der Waals surface area contributed by atoms with Crippen molar-refractivity contribution in [3.63, 3.8) is 0 Å². The summed E-state index contributed by atoms with van der Waals surface area (Å²) in [5, 5.41) is 0. The molecule has 1 atom stereocenters. The van der Waals surface area contributed by atoms with Crippen LogP contribution in [0.25, 0.3) is 0 Å². The van der Waals surface area contributed by atoms with Gasteiger partial charge in [-0.3, -0.25) is 20.4 Å². The lowest BCUT2D eigenvalue weighted by atomic mass is 10.2. The van der Waals surface area contributed by atoms with Crippen LogP contribution in [-0.2, 0) is 4.79 Å². The van der Waals surface area contributed by atoms with Gasteiger partial charge >= 0.3 is 0 Å². The lowest BCUT2D eigenvalue weighted by Crippen LogP contribution is -2.47. The van der Waals surface area contributed by atoms with Crippen molar-refractivity contribution in [1.82, 2.24) is 10.9 Å². The number of ether oxygens (including phenoxy) is 1. The summed E-state index contributed by atoms with van der Waals surface area (Å²) in [7, 11) is 0. The molecule has 2 amide bonds. The van der Waals surface area contributed by atoms with Gasteiger partial charge in [0.05, 0.1) is 5.56 Å². The van der Waals surface area contributed by atoms with Crippen LogP contribution in [0.3, 0.4) is 0 Å². The van der Waals surface area contributed by atoms with Gasteiger partial charge in [0.1, 0.15) is 0 Å². The first-order valence-electron chi connectivity index (χ1n) is 6.75. The SMILES string of the molecule is C[C@H](Oc1ccccc1F)C(=O)NNC(=O)c1ccccc1Br. The van der Waals surface area contributed by atoms with Crippen LogP contribution in [0.4, 0.5) is 4.39 Å². The van der Waals surface area contributed by atoms with Crippen LogP contribution in [0.15, 0.2) is 53.0 Å². The van der Waals surface area contributed by atoms with Gasteiger partial charge in [0, 0.05) is 4.47 Å². The molecule has 2 rings (SSSR count). The lowest BCUT2D eigenvalue weighted by Gasteiger charge is -2.15. The molecule has 0 fully saturated rings. The van der Waals surface area contributed by atoms with Crippen molar-refractivity contribution in [1.29, 1.82) is 0 Å². The molecule has 0 heterocycles. The molecule has 0 unspecified atom stereocenters. The third kappa shape index (κ3) is 4.53. The van der Waals surface area contributed by atoms with Crippen molar-refractivity contribution in [3.8, 4) is 5.75 Å². The van der Waals surface area contributed by atoms with E-state index in [-0.39, 0.29) is 5.75 Å². The Labute approximate surface area is 140 Å². The molecule has 0 aliphatic rings. The first-order valence-corrected chi connectivity index (χ1v) is 7.54. The number of rotatable bonds is 4. The highest BCUT2D eigenvalue weighted by Gasteiger charge is 2.17. The smallest absolute Gasteiger partial charge is 0.279 e. The molecule has 2 N–H and O–H groups in total. The van der Waals surface area contributed by atoms with Crippen molar-refractivity contribution in [2.75, 3.05) is 0 Å². The fourth-order valence-electron chi connectivity index (χ4n) is 1.72. The first kappa shape index (κ1) is 17.0. The van der Waals surface area contributed by atoms with Crippen LogP contribution in [-0.4, -0.2) is 17.9 Å². The maximum absolute atomic E-state index is 13.5. The normalized spacial score (nSPS) is 11.4. The van der Waals surface area contributed by atoms with Gasteiger partial charge in [-0.1, -0.05) is 24.3 Å². The molecule has 23 heavy (non-hydrogen) atoms. The molecule has 0 aliphatic carbocycles. The topological polar surface area (TPSA) is 67.4 Å². The summed E-state index contributed by atoms with van der Waals surface area (Å²) in [5.74, 6) is -1.69. The summed E-state index contributed by atoms with van der Waals surface area (Å²) >= 11 is 3.25. The Hall–Kier alpha value is -2.41. The highest BCUT2D eigenvalue weighted by molar-refractivity contribution is 9.10. The zero-order valence-corrected chi connectivity index (χ0v) is 13.8. The van der Waals surface area contributed by atoms with E-state index in [1.165, 1.54) is 25.1 Å². The molecule has 2 aromatic carbocycles. The standard InChI is InChI=1S/C16H14BrFN2O3/c1-10(23-14-9-5-4-8-13(14)18)15(21)19-20-16(22)11-6-2-3-7-12(11)17/h2-10H,1H3,(H,19,21)(H,20,22)/t10-/m0/s1. The van der Waals surface area contributed by atoms with E-state index in [4.69, 9.17) is 4.74 Å². The Bertz CT molecular complexity index is 724. The molecular formula is C16H14BrFN2O3. The van der Waals surface area contributed by atoms with Crippen molar-refractivity contribution in [3.05, 3.63) is 64.4 Å². The lowest BCUT2D eigenvalue weighted by molar-refractivity contribution is -0.128. The maximum atomic E-state index is 13.5. The average molecular weight is 381 g/mol. The predicted octanol–water partition coefficient (Wildman–Crippen LogP) is 2.82. The Kier molecular flexibility index (Phi) is 5.70. The summed E-state index contributed by atoms with van der Waals surface area (Å²) in [6, 6.07) is 12.5. The van der Waals surface area contributed by atoms with Gasteiger partial charge in [-0.2, -0.15) is 0 Å². The highest BCUT2D eigenvalue weighted by atomic mass is 79.9. The fourth-order valence-corrected chi connectivity index (χ4v) is 2.18. The van der Waals surface area contributed by atoms with Crippen LogP contribution in [0.1, 0.15) is 17.3 Å². The molecule has 120 valence electrons. The molecule has 0 bridgehead atoms. The van der Waals surface area contributed by atoms with Crippen molar-refractivity contribution < 1.29 is 18.7 Å². The van der Waals surface area contributed by atoms with Gasteiger partial charge in [0.2, 0.25) is 0 Å². The van der Waals surface area contributed by atoms with Crippen LogP contribution in [0.5, 0.6) is 5.75 Å². The number of para-hydroxylation sites is 1. The third-order valence-corrected chi connectivity index (χ3v) is 3.62. The van der Waals surface area contributed by atoms with Crippen molar-refractivity contribution >= 4 is 27.7 Å². The second kappa shape index (κ2) is 7.73. The summed E-state index contributed by atoms with van der Waals surface area (Å²) in [4.78, 5) is 23.8. The Morgan fingerprint density at radius 3 is 2.43 bits per heavy atom. The van der Waals surface area contributed by atoms with E-state index in [9.17, 15) is 14.0 Å². The van der Waals surface area contributed by atoms with Gasteiger partial charge in [-0.15, -0.1) is 0 Å². The van der Waals surface area contributed by atoms with E-state index in [0.29, 0.717) is 10.0 Å². The Morgan fingerprint density at radius 1 is 1.09 bits per heavy atom. The quantitative estimate of drug-likeness (QED) is 0.801. The minimum atomic E-state index is -0.980. The molecule has 2 aromatic rings. The number of hydrazine groups is 1. The monoisotopic (exact) mass is 380 g/mol. The van der Waals surface area contributed by atoms with Crippen LogP contribution >= 0.6 is 15.9 Å². The fraction of sp³-hybridized carbons (Fsp3) is 0.125. The Balaban J connectivity index is 1.91. The third-order valence-electron chi connectivity index (χ3n) is 2.93. The molecule has 0 aliphatic heterocycles. The number of halogens is 2. The van der Waals surface area contributed by atoms with Crippen LogP contribution in [0.2, 0.25) is 0 Å². The van der Waals surface area contributed by atoms with Gasteiger partial charge in [-0.25, -0.2) is 4.39 Å². The molecule has 0 saturated carbocycles. The van der Waals surface area contributed by atoms with Gasteiger partial charge in [0.15, 0.2) is 17.7 Å². The number of hydrogen-bond donors (Lipinski definition) is 2. The van der Waals surface area contributed by atoms with E-state index in [0.717, 1.165) is 0 Å². The molecule has 0 radical (unpaired) electrons. The molecule has 0 aromatic heterocycles. The van der Waals surface area contributed by atoms with Gasteiger partial charge in [0.25, 0.3) is 11.8 Å². The minimum Gasteiger partial charge on any atom is -0.478 e. The summed E-state index contributed by atoms with van der Waals surface area (Å²) in [6.45, 7) is 1.45. The number of benzene rings is 2. The van der Waals surface area contributed by atoms with E-state index in [1.54, 1.807) is 30.3 Å². The zero-order valence-electron chi connectivity index (χ0n) is 12.2. The maximum Gasteiger partial charge on any atom is 0.279 e. The summed E-state index contributed by atoms with van der Waals surface area (Å²) in [6.07, 6.45) is -0.980. The molecule has 0 spiro atoms. The molecule has 7 heteroatoms. The van der Waals surface area contributed by atoms with E-state index in [1.807, 2.05) is 0 Å². The van der Waals surface area contributed by atoms with Crippen LogP contribution < -0.4 is 15.6 Å². The summed E-state index contributed by atoms with van der Waals surface area (Å²) < 4.78 is 19.3. The van der Waals surface area contributed by atoms with Crippen molar-refractivity contribution in [2.45, 2.75) is 13.0 Å². The van der Waals surface area contributed by atoms with Gasteiger partial charge < -0.3 is 4.74 Å². The summed E-state index contributed by atoms with van der Waals surface area (Å²) in [5.41, 5.74) is 4.89. The van der Waals surface area contributed by atoms with E-state index < -0.39 is 23.7 Å². The predicted molar refractivity (Wildman–Crippen MR) is 86.2 cm³/mol. The molecular weight excluding hydrogens is 367 g/mol. The minimum absolute atomic E-state index is 0.0349. The number of carbonyl (C=O) groups is 2. The zero-order chi connectivity index (χ0) is 16.8. The number of carbonyl (C=O) groups excluding carboxylic acids is 2. The second-order valence-electron chi connectivity index (χ2n) is 4.61. The van der Waals surface area contributed by atoms with Crippen molar-refractivity contribution in [2.24, 2.45) is 0 Å². The number of nitrogens with one attached hydrogen (secondary N) is 2. The largest absolute Gasteiger partial charge is 0.478 e. The number of hydrogen-bond acceptors (Lipinski definition) is 3. The molecule has 5 nitrogen and oxygen atoms in total. The van der Waals surface area contributed by atoms with Crippen LogP contribution in [0, 0.1) is 5.82 Å². The second-order valence-corrected chi connectivity index (χ2v) is 5.47. The first-order chi connectivity index (χ1) is 11.0. The Morgan fingerprint density at radius 2 is 1.74 bits per heavy atom. The van der Waals surface area contributed by atoms with E-state index in [2.05, 4.69) is 26.8 Å². The average Bonchev–Trinajstić information content (AvgIpc) is 2.54. The molecule has 0 saturated heterocycles. The number of amides is 2. The highest BCUT2D eigenvalue weighted by Crippen LogP contribution is 2.17. The van der Waals surface area contributed by atoms with Gasteiger partial charge in [-0.05, 0) is 47.1 Å².